The molecule has 4 rings (SSSR count). The molecule has 0 spiro atoms. The molecule has 0 radical (unpaired) electrons. The number of para-hydroxylation sites is 1. The molecule has 0 saturated carbocycles. The van der Waals surface area contributed by atoms with Crippen LogP contribution in [0.1, 0.15) is 27.9 Å². The average Bonchev–Trinajstić information content (AvgIpc) is 2.96. The molecule has 32 heavy (non-hydrogen) atoms. The molecule has 7 heteroatoms. The van der Waals surface area contributed by atoms with Gasteiger partial charge in [-0.25, -0.2) is 4.98 Å². The number of nitrogens with zero attached hydrogens (tertiary/aromatic N) is 3. The van der Waals surface area contributed by atoms with Gasteiger partial charge < -0.3 is 4.90 Å². The summed E-state index contributed by atoms with van der Waals surface area (Å²) < 4.78 is 38.4. The highest BCUT2D eigenvalue weighted by molar-refractivity contribution is 6.07. The molecule has 1 aliphatic rings. The fraction of sp³-hybridized carbons (Fsp3) is 0.360. The van der Waals surface area contributed by atoms with Crippen LogP contribution in [0.15, 0.2) is 48.5 Å². The SMILES string of the molecule is Cc1ccc(-c2cc(C(=O)N3CCCN(CC(F)(F)F)CC3)c3ccccc3n2)c(C)c1. The lowest BCUT2D eigenvalue weighted by atomic mass is 9.99. The maximum absolute atomic E-state index is 13.5. The van der Waals surface area contributed by atoms with E-state index in [0.717, 1.165) is 33.3 Å². The first-order chi connectivity index (χ1) is 15.2. The van der Waals surface area contributed by atoms with E-state index in [-0.39, 0.29) is 19.0 Å². The zero-order chi connectivity index (χ0) is 22.9. The maximum atomic E-state index is 13.5. The molecule has 1 saturated heterocycles. The van der Waals surface area contributed by atoms with Crippen molar-refractivity contribution >= 4 is 16.8 Å². The number of fused-ring (bicyclic) bond motifs is 1. The molecule has 0 atom stereocenters. The van der Waals surface area contributed by atoms with Gasteiger partial charge in [-0.2, -0.15) is 13.2 Å². The van der Waals surface area contributed by atoms with Gasteiger partial charge in [0.15, 0.2) is 0 Å². The molecule has 1 fully saturated rings. The minimum Gasteiger partial charge on any atom is -0.337 e. The van der Waals surface area contributed by atoms with Crippen molar-refractivity contribution in [2.24, 2.45) is 0 Å². The van der Waals surface area contributed by atoms with Crippen molar-refractivity contribution in [3.8, 4) is 11.3 Å². The number of halogens is 3. The number of benzene rings is 2. The zero-order valence-corrected chi connectivity index (χ0v) is 18.2. The Morgan fingerprint density at radius 1 is 1.00 bits per heavy atom. The number of rotatable bonds is 3. The molecule has 2 heterocycles. The topological polar surface area (TPSA) is 36.4 Å². The first kappa shape index (κ1) is 22.3. The maximum Gasteiger partial charge on any atom is 0.401 e. The van der Waals surface area contributed by atoms with Crippen molar-refractivity contribution in [3.05, 3.63) is 65.2 Å². The van der Waals surface area contributed by atoms with Crippen LogP contribution < -0.4 is 0 Å². The first-order valence-corrected chi connectivity index (χ1v) is 10.8. The Morgan fingerprint density at radius 3 is 2.53 bits per heavy atom. The largest absolute Gasteiger partial charge is 0.401 e. The Bertz CT molecular complexity index is 1140. The minimum absolute atomic E-state index is 0.163. The molecule has 0 bridgehead atoms. The van der Waals surface area contributed by atoms with Crippen LogP contribution in [0.5, 0.6) is 0 Å². The van der Waals surface area contributed by atoms with Gasteiger partial charge in [0.1, 0.15) is 0 Å². The lowest BCUT2D eigenvalue weighted by Crippen LogP contribution is -2.38. The van der Waals surface area contributed by atoms with Crippen molar-refractivity contribution in [1.29, 1.82) is 0 Å². The van der Waals surface area contributed by atoms with Crippen LogP contribution in [0.25, 0.3) is 22.2 Å². The molecular weight excluding hydrogens is 415 g/mol. The van der Waals surface area contributed by atoms with Crippen LogP contribution in [0.4, 0.5) is 13.2 Å². The van der Waals surface area contributed by atoms with Gasteiger partial charge in [0.05, 0.1) is 23.3 Å². The van der Waals surface area contributed by atoms with Crippen LogP contribution in [0.2, 0.25) is 0 Å². The minimum atomic E-state index is -4.23. The summed E-state index contributed by atoms with van der Waals surface area (Å²) in [5.74, 6) is -0.163. The molecule has 0 unspecified atom stereocenters. The zero-order valence-electron chi connectivity index (χ0n) is 18.2. The van der Waals surface area contributed by atoms with Crippen LogP contribution in [-0.4, -0.2) is 59.6 Å². The van der Waals surface area contributed by atoms with E-state index < -0.39 is 12.7 Å². The fourth-order valence-corrected chi connectivity index (χ4v) is 4.35. The molecule has 0 aliphatic carbocycles. The van der Waals surface area contributed by atoms with Crippen LogP contribution in [0, 0.1) is 13.8 Å². The van der Waals surface area contributed by atoms with Crippen molar-refractivity contribution in [2.75, 3.05) is 32.7 Å². The lowest BCUT2D eigenvalue weighted by molar-refractivity contribution is -0.145. The van der Waals surface area contributed by atoms with Gasteiger partial charge in [-0.15, -0.1) is 0 Å². The van der Waals surface area contributed by atoms with E-state index in [9.17, 15) is 18.0 Å². The van der Waals surface area contributed by atoms with Crippen LogP contribution in [-0.2, 0) is 0 Å². The smallest absolute Gasteiger partial charge is 0.337 e. The fourth-order valence-electron chi connectivity index (χ4n) is 4.35. The second kappa shape index (κ2) is 8.90. The Kier molecular flexibility index (Phi) is 6.20. The summed E-state index contributed by atoms with van der Waals surface area (Å²) in [7, 11) is 0. The molecule has 3 aromatic rings. The predicted molar refractivity (Wildman–Crippen MR) is 120 cm³/mol. The summed E-state index contributed by atoms with van der Waals surface area (Å²) in [5, 5.41) is 0.752. The van der Waals surface area contributed by atoms with Gasteiger partial charge in [-0.1, -0.05) is 42.0 Å². The van der Waals surface area contributed by atoms with E-state index in [4.69, 9.17) is 4.98 Å². The molecule has 168 valence electrons. The molecular formula is C25H26F3N3O. The number of amides is 1. The van der Waals surface area contributed by atoms with Gasteiger partial charge in [-0.3, -0.25) is 9.69 Å². The second-order valence-electron chi connectivity index (χ2n) is 8.43. The summed E-state index contributed by atoms with van der Waals surface area (Å²) in [5.41, 5.74) is 5.16. The van der Waals surface area contributed by atoms with E-state index in [1.165, 1.54) is 4.90 Å². The Morgan fingerprint density at radius 2 is 1.78 bits per heavy atom. The summed E-state index contributed by atoms with van der Waals surface area (Å²) in [6.45, 7) is 4.34. The van der Waals surface area contributed by atoms with Gasteiger partial charge in [0.25, 0.3) is 5.91 Å². The molecule has 1 amide bonds. The number of pyridine rings is 1. The standard InChI is InChI=1S/C25H26F3N3O/c1-17-8-9-19(18(2)14-17)23-15-21(20-6-3-4-7-22(20)29-23)24(32)31-11-5-10-30(12-13-31)16-25(26,27)28/h3-4,6-9,14-15H,5,10-13,16H2,1-2H3. The number of aromatic nitrogens is 1. The summed E-state index contributed by atoms with van der Waals surface area (Å²) in [6, 6.07) is 15.4. The van der Waals surface area contributed by atoms with Crippen molar-refractivity contribution < 1.29 is 18.0 Å². The third-order valence-corrected chi connectivity index (χ3v) is 5.88. The number of hydrogen-bond acceptors (Lipinski definition) is 3. The summed E-state index contributed by atoms with van der Waals surface area (Å²) in [4.78, 5) is 21.4. The normalized spacial score (nSPS) is 15.7. The Hall–Kier alpha value is -2.93. The van der Waals surface area contributed by atoms with Gasteiger partial charge in [0, 0.05) is 37.1 Å². The Balaban J connectivity index is 1.68. The quantitative estimate of drug-likeness (QED) is 0.559. The van der Waals surface area contributed by atoms with Crippen molar-refractivity contribution in [1.82, 2.24) is 14.8 Å². The molecule has 1 aromatic heterocycles. The molecule has 4 nitrogen and oxygen atoms in total. The van der Waals surface area contributed by atoms with Crippen LogP contribution >= 0.6 is 0 Å². The van der Waals surface area contributed by atoms with Gasteiger partial charge in [0.2, 0.25) is 0 Å². The van der Waals surface area contributed by atoms with E-state index >= 15 is 0 Å². The van der Waals surface area contributed by atoms with E-state index in [1.807, 2.05) is 56.3 Å². The van der Waals surface area contributed by atoms with E-state index in [2.05, 4.69) is 6.07 Å². The van der Waals surface area contributed by atoms with Gasteiger partial charge >= 0.3 is 6.18 Å². The highest BCUT2D eigenvalue weighted by Crippen LogP contribution is 2.29. The number of aryl methyl sites for hydroxylation is 2. The number of hydrogen-bond donors (Lipinski definition) is 0. The third kappa shape index (κ3) is 4.93. The summed E-state index contributed by atoms with van der Waals surface area (Å²) in [6.07, 6.45) is -3.73. The average molecular weight is 441 g/mol. The molecule has 0 N–H and O–H groups in total. The van der Waals surface area contributed by atoms with Crippen molar-refractivity contribution in [3.63, 3.8) is 0 Å². The van der Waals surface area contributed by atoms with Crippen LogP contribution in [0.3, 0.4) is 0 Å². The Labute approximate surface area is 185 Å². The summed E-state index contributed by atoms with van der Waals surface area (Å²) >= 11 is 0. The number of carbonyl (C=O) groups excluding carboxylic acids is 1. The second-order valence-corrected chi connectivity index (χ2v) is 8.43. The van der Waals surface area contributed by atoms with E-state index in [1.54, 1.807) is 4.90 Å². The predicted octanol–water partition coefficient (Wildman–Crippen LogP) is 5.23. The van der Waals surface area contributed by atoms with E-state index in [0.29, 0.717) is 25.1 Å². The monoisotopic (exact) mass is 441 g/mol. The van der Waals surface area contributed by atoms with Gasteiger partial charge in [-0.05, 0) is 38.0 Å². The highest BCUT2D eigenvalue weighted by atomic mass is 19.4. The highest BCUT2D eigenvalue weighted by Gasteiger charge is 2.32. The third-order valence-electron chi connectivity index (χ3n) is 5.88. The first-order valence-electron chi connectivity index (χ1n) is 10.8. The molecule has 2 aromatic carbocycles. The van der Waals surface area contributed by atoms with Crippen molar-refractivity contribution in [2.45, 2.75) is 26.4 Å². The number of alkyl halides is 3. The molecule has 1 aliphatic heterocycles. The number of carbonyl (C=O) groups is 1. The lowest BCUT2D eigenvalue weighted by Gasteiger charge is -2.23.